The van der Waals surface area contributed by atoms with Gasteiger partial charge in [0.05, 0.1) is 0 Å². The molecular formula is C31H65N. The highest BCUT2D eigenvalue weighted by molar-refractivity contribution is 4.62. The van der Waals surface area contributed by atoms with Crippen molar-refractivity contribution < 1.29 is 0 Å². The maximum Gasteiger partial charge on any atom is -0.00189 e. The van der Waals surface area contributed by atoms with Crippen LogP contribution < -0.4 is 0 Å². The third kappa shape index (κ3) is 23.1. The van der Waals surface area contributed by atoms with Crippen LogP contribution in [-0.4, -0.2) is 24.5 Å². The topological polar surface area (TPSA) is 3.24 Å². The first-order valence-electron chi connectivity index (χ1n) is 15.5. The molecule has 0 aromatic rings. The highest BCUT2D eigenvalue weighted by atomic mass is 15.1. The van der Waals surface area contributed by atoms with Gasteiger partial charge in [-0.1, -0.05) is 163 Å². The van der Waals surface area contributed by atoms with Gasteiger partial charge in [0.1, 0.15) is 0 Å². The molecule has 0 heterocycles. The molecule has 0 aliphatic heterocycles. The number of hydrogen-bond donors (Lipinski definition) is 0. The largest absolute Gasteiger partial charge is 0.304 e. The third-order valence-electron chi connectivity index (χ3n) is 7.54. The fraction of sp³-hybridized carbons (Fsp3) is 1.00. The lowest BCUT2D eigenvalue weighted by atomic mass is 9.89. The second-order valence-electron chi connectivity index (χ2n) is 10.7. The van der Waals surface area contributed by atoms with E-state index in [-0.39, 0.29) is 0 Å². The molecule has 194 valence electrons. The van der Waals surface area contributed by atoms with Crippen LogP contribution in [0, 0.1) is 5.92 Å². The summed E-state index contributed by atoms with van der Waals surface area (Å²) in [6.45, 7) is 13.2. The van der Waals surface area contributed by atoms with E-state index in [0.29, 0.717) is 0 Å². The summed E-state index contributed by atoms with van der Waals surface area (Å²) < 4.78 is 0. The second-order valence-corrected chi connectivity index (χ2v) is 10.7. The molecule has 0 atom stereocenters. The molecule has 0 fully saturated rings. The van der Waals surface area contributed by atoms with Crippen molar-refractivity contribution in [3.63, 3.8) is 0 Å². The Kier molecular flexibility index (Phi) is 27.2. The summed E-state index contributed by atoms with van der Waals surface area (Å²) in [4.78, 5) is 2.69. The van der Waals surface area contributed by atoms with E-state index in [0.717, 1.165) is 5.92 Å². The lowest BCUT2D eigenvalue weighted by Crippen LogP contribution is -2.25. The maximum absolute atomic E-state index is 2.69. The van der Waals surface area contributed by atoms with Crippen LogP contribution in [-0.2, 0) is 0 Å². The van der Waals surface area contributed by atoms with Gasteiger partial charge >= 0.3 is 0 Å². The Bertz CT molecular complexity index is 314. The van der Waals surface area contributed by atoms with E-state index >= 15 is 0 Å². The average Bonchev–Trinajstić information content (AvgIpc) is 2.81. The Morgan fingerprint density at radius 3 is 1.06 bits per heavy atom. The monoisotopic (exact) mass is 452 g/mol. The van der Waals surface area contributed by atoms with Crippen molar-refractivity contribution in [1.29, 1.82) is 0 Å². The lowest BCUT2D eigenvalue weighted by Gasteiger charge is -2.20. The summed E-state index contributed by atoms with van der Waals surface area (Å²) in [5.41, 5.74) is 0. The van der Waals surface area contributed by atoms with Gasteiger partial charge in [-0.05, 0) is 38.4 Å². The molecule has 0 rings (SSSR count). The lowest BCUT2D eigenvalue weighted by molar-refractivity contribution is 0.273. The standard InChI is InChI=1S/C31H65N/c1-5-9-12-19-24-29-32(8-4)30-25-20-17-15-16-18-23-28-31(26-21-13-10-6-2)27-22-14-11-7-3/h31H,5-30H2,1-4H3. The van der Waals surface area contributed by atoms with Crippen molar-refractivity contribution in [3.8, 4) is 0 Å². The van der Waals surface area contributed by atoms with Crippen LogP contribution in [0.25, 0.3) is 0 Å². The molecule has 0 aliphatic rings. The van der Waals surface area contributed by atoms with Crippen molar-refractivity contribution in [2.45, 2.75) is 175 Å². The first-order valence-corrected chi connectivity index (χ1v) is 15.5. The predicted octanol–water partition coefficient (Wildman–Crippen LogP) is 11.0. The van der Waals surface area contributed by atoms with E-state index in [1.165, 1.54) is 167 Å². The normalized spacial score (nSPS) is 11.8. The number of unbranched alkanes of at least 4 members (excludes halogenated alkanes) is 16. The predicted molar refractivity (Wildman–Crippen MR) is 149 cm³/mol. The Balaban J connectivity index is 3.67. The fourth-order valence-electron chi connectivity index (χ4n) is 5.17. The Hall–Kier alpha value is -0.0400. The molecule has 0 unspecified atom stereocenters. The van der Waals surface area contributed by atoms with E-state index in [4.69, 9.17) is 0 Å². The van der Waals surface area contributed by atoms with Crippen molar-refractivity contribution in [2.75, 3.05) is 19.6 Å². The molecule has 1 heteroatoms. The Morgan fingerprint density at radius 2 is 0.688 bits per heavy atom. The molecule has 0 aliphatic carbocycles. The zero-order chi connectivity index (χ0) is 23.5. The van der Waals surface area contributed by atoms with Gasteiger partial charge in [-0.25, -0.2) is 0 Å². The molecule has 0 radical (unpaired) electrons. The quantitative estimate of drug-likeness (QED) is 0.112. The van der Waals surface area contributed by atoms with Crippen molar-refractivity contribution in [3.05, 3.63) is 0 Å². The second kappa shape index (κ2) is 27.2. The van der Waals surface area contributed by atoms with E-state index in [2.05, 4.69) is 32.6 Å². The molecule has 1 nitrogen and oxygen atoms in total. The number of hydrogen-bond acceptors (Lipinski definition) is 1. The summed E-state index contributed by atoms with van der Waals surface area (Å²) >= 11 is 0. The van der Waals surface area contributed by atoms with Crippen LogP contribution in [0.2, 0.25) is 0 Å². The van der Waals surface area contributed by atoms with Crippen LogP contribution in [0.5, 0.6) is 0 Å². The zero-order valence-electron chi connectivity index (χ0n) is 23.4. The fourth-order valence-corrected chi connectivity index (χ4v) is 5.17. The minimum Gasteiger partial charge on any atom is -0.304 e. The molecule has 0 amide bonds. The highest BCUT2D eigenvalue weighted by Crippen LogP contribution is 2.24. The van der Waals surface area contributed by atoms with Crippen LogP contribution >= 0.6 is 0 Å². The molecule has 32 heavy (non-hydrogen) atoms. The summed E-state index contributed by atoms with van der Waals surface area (Å²) in [6.07, 6.45) is 33.4. The average molecular weight is 452 g/mol. The Morgan fingerprint density at radius 1 is 0.375 bits per heavy atom. The summed E-state index contributed by atoms with van der Waals surface area (Å²) in [5.74, 6) is 1.03. The van der Waals surface area contributed by atoms with Crippen LogP contribution in [0.4, 0.5) is 0 Å². The van der Waals surface area contributed by atoms with E-state index in [1.807, 2.05) is 0 Å². The smallest absolute Gasteiger partial charge is 0.00189 e. The van der Waals surface area contributed by atoms with Gasteiger partial charge in [0.15, 0.2) is 0 Å². The molecule has 0 bridgehead atoms. The van der Waals surface area contributed by atoms with Gasteiger partial charge in [-0.3, -0.25) is 0 Å². The molecule has 0 saturated carbocycles. The Labute approximate surface area is 205 Å². The molecule has 0 aromatic heterocycles. The van der Waals surface area contributed by atoms with Crippen LogP contribution in [0.1, 0.15) is 175 Å². The first kappa shape index (κ1) is 32.0. The van der Waals surface area contributed by atoms with Crippen LogP contribution in [0.15, 0.2) is 0 Å². The summed E-state index contributed by atoms with van der Waals surface area (Å²) in [6, 6.07) is 0. The van der Waals surface area contributed by atoms with Gasteiger partial charge in [-0.2, -0.15) is 0 Å². The minimum absolute atomic E-state index is 1.03. The molecule has 0 spiro atoms. The molecule has 0 N–H and O–H groups in total. The van der Waals surface area contributed by atoms with Gasteiger partial charge in [-0.15, -0.1) is 0 Å². The summed E-state index contributed by atoms with van der Waals surface area (Å²) in [7, 11) is 0. The van der Waals surface area contributed by atoms with E-state index in [9.17, 15) is 0 Å². The van der Waals surface area contributed by atoms with Gasteiger partial charge in [0.25, 0.3) is 0 Å². The van der Waals surface area contributed by atoms with Crippen molar-refractivity contribution >= 4 is 0 Å². The summed E-state index contributed by atoms with van der Waals surface area (Å²) in [5, 5.41) is 0. The zero-order valence-corrected chi connectivity index (χ0v) is 23.4. The van der Waals surface area contributed by atoms with E-state index in [1.54, 1.807) is 0 Å². The molecule has 0 saturated heterocycles. The first-order chi connectivity index (χ1) is 15.8. The molecular weight excluding hydrogens is 386 g/mol. The van der Waals surface area contributed by atoms with Gasteiger partial charge in [0.2, 0.25) is 0 Å². The molecule has 0 aromatic carbocycles. The van der Waals surface area contributed by atoms with Gasteiger partial charge < -0.3 is 4.90 Å². The number of rotatable bonds is 27. The maximum atomic E-state index is 2.69. The van der Waals surface area contributed by atoms with E-state index < -0.39 is 0 Å². The minimum atomic E-state index is 1.03. The SMILES string of the molecule is CCCCCCCN(CC)CCCCCCCCCC(CCCCCC)CCCCCC. The van der Waals surface area contributed by atoms with Crippen molar-refractivity contribution in [2.24, 2.45) is 5.92 Å². The highest BCUT2D eigenvalue weighted by Gasteiger charge is 2.08. The number of nitrogens with zero attached hydrogens (tertiary/aromatic N) is 1. The van der Waals surface area contributed by atoms with Crippen molar-refractivity contribution in [1.82, 2.24) is 4.90 Å². The third-order valence-corrected chi connectivity index (χ3v) is 7.54. The van der Waals surface area contributed by atoms with Gasteiger partial charge in [0, 0.05) is 0 Å². The van der Waals surface area contributed by atoms with Crippen LogP contribution in [0.3, 0.4) is 0 Å².